The summed E-state index contributed by atoms with van der Waals surface area (Å²) >= 11 is 0. The van der Waals surface area contributed by atoms with Gasteiger partial charge in [0.1, 0.15) is 11.6 Å². The van der Waals surface area contributed by atoms with Gasteiger partial charge < -0.3 is 4.74 Å². The molecule has 2 nitrogen and oxygen atoms in total. The van der Waals surface area contributed by atoms with Crippen LogP contribution in [0.4, 0.5) is 8.78 Å². The third-order valence-corrected chi connectivity index (χ3v) is 1.90. The van der Waals surface area contributed by atoms with Crippen LogP contribution in [0.1, 0.15) is 12.5 Å². The summed E-state index contributed by atoms with van der Waals surface area (Å²) < 4.78 is 30.4. The number of hydrogen-bond donors (Lipinski definition) is 0. The van der Waals surface area contributed by atoms with Gasteiger partial charge in [0, 0.05) is 18.1 Å². The number of benzene rings is 1. The molecule has 0 amide bonds. The first-order chi connectivity index (χ1) is 7.52. The molecular weight excluding hydrogens is 214 g/mol. The van der Waals surface area contributed by atoms with Gasteiger partial charge in [-0.25, -0.2) is 13.6 Å². The lowest BCUT2D eigenvalue weighted by Gasteiger charge is -2.05. The van der Waals surface area contributed by atoms with Crippen LogP contribution in [0.3, 0.4) is 0 Å². The van der Waals surface area contributed by atoms with E-state index in [1.807, 2.05) is 0 Å². The zero-order valence-electron chi connectivity index (χ0n) is 8.93. The first-order valence-electron chi connectivity index (χ1n) is 4.82. The van der Waals surface area contributed by atoms with Crippen molar-refractivity contribution in [2.45, 2.75) is 13.3 Å². The molecule has 86 valence electrons. The van der Waals surface area contributed by atoms with Gasteiger partial charge in [0.15, 0.2) is 0 Å². The normalized spacial score (nSPS) is 9.94. The van der Waals surface area contributed by atoms with Crippen LogP contribution in [0.25, 0.3) is 0 Å². The van der Waals surface area contributed by atoms with Crippen molar-refractivity contribution in [3.63, 3.8) is 0 Å². The Balaban J connectivity index is 2.73. The maximum Gasteiger partial charge on any atom is 0.333 e. The van der Waals surface area contributed by atoms with Crippen molar-refractivity contribution in [3.8, 4) is 0 Å². The number of carbonyl (C=O) groups is 1. The molecule has 0 bridgehead atoms. The standard InChI is InChI=1S/C12H12F2O2/c1-3-16-12(15)8(2)4-9-5-10(13)7-11(14)6-9/h5-7H,2-4H2,1H3. The molecule has 16 heavy (non-hydrogen) atoms. The summed E-state index contributed by atoms with van der Waals surface area (Å²) in [5, 5.41) is 0. The summed E-state index contributed by atoms with van der Waals surface area (Å²) in [5.41, 5.74) is 0.530. The van der Waals surface area contributed by atoms with Gasteiger partial charge in [0.25, 0.3) is 0 Å². The van der Waals surface area contributed by atoms with Crippen molar-refractivity contribution in [1.29, 1.82) is 0 Å². The van der Waals surface area contributed by atoms with Gasteiger partial charge in [0.2, 0.25) is 0 Å². The number of rotatable bonds is 4. The van der Waals surface area contributed by atoms with Crippen LogP contribution >= 0.6 is 0 Å². The van der Waals surface area contributed by atoms with Crippen molar-refractivity contribution < 1.29 is 18.3 Å². The van der Waals surface area contributed by atoms with E-state index in [9.17, 15) is 13.6 Å². The largest absolute Gasteiger partial charge is 0.463 e. The predicted octanol–water partition coefficient (Wildman–Crippen LogP) is 2.63. The minimum Gasteiger partial charge on any atom is -0.463 e. The monoisotopic (exact) mass is 226 g/mol. The smallest absolute Gasteiger partial charge is 0.333 e. The fourth-order valence-corrected chi connectivity index (χ4v) is 1.26. The summed E-state index contributed by atoms with van der Waals surface area (Å²) in [6, 6.07) is 3.09. The Morgan fingerprint density at radius 1 is 1.31 bits per heavy atom. The fraction of sp³-hybridized carbons (Fsp3) is 0.250. The second-order valence-electron chi connectivity index (χ2n) is 3.28. The lowest BCUT2D eigenvalue weighted by atomic mass is 10.1. The SMILES string of the molecule is C=C(Cc1cc(F)cc(F)c1)C(=O)OCC. The van der Waals surface area contributed by atoms with Gasteiger partial charge in [-0.3, -0.25) is 0 Å². The minimum atomic E-state index is -0.674. The van der Waals surface area contributed by atoms with Crippen LogP contribution < -0.4 is 0 Å². The summed E-state index contributed by atoms with van der Waals surface area (Å²) in [4.78, 5) is 11.2. The summed E-state index contributed by atoms with van der Waals surface area (Å²) in [5.74, 6) is -1.90. The molecule has 1 rings (SSSR count). The maximum absolute atomic E-state index is 12.8. The molecule has 0 aliphatic heterocycles. The van der Waals surface area contributed by atoms with Gasteiger partial charge in [0.05, 0.1) is 6.61 Å². The van der Waals surface area contributed by atoms with E-state index < -0.39 is 17.6 Å². The van der Waals surface area contributed by atoms with Gasteiger partial charge in [-0.2, -0.15) is 0 Å². The minimum absolute atomic E-state index is 0.0769. The molecule has 0 heterocycles. The van der Waals surface area contributed by atoms with Crippen molar-refractivity contribution in [1.82, 2.24) is 0 Å². The van der Waals surface area contributed by atoms with Crippen LogP contribution in [0, 0.1) is 11.6 Å². The van der Waals surface area contributed by atoms with Crippen molar-refractivity contribution >= 4 is 5.97 Å². The van der Waals surface area contributed by atoms with E-state index in [1.54, 1.807) is 6.92 Å². The second-order valence-corrected chi connectivity index (χ2v) is 3.28. The highest BCUT2D eigenvalue weighted by Crippen LogP contribution is 2.12. The maximum atomic E-state index is 12.8. The molecule has 1 aromatic rings. The van der Waals surface area contributed by atoms with E-state index in [1.165, 1.54) is 0 Å². The molecule has 0 unspecified atom stereocenters. The Kier molecular flexibility index (Phi) is 4.17. The molecule has 0 aliphatic rings. The highest BCUT2D eigenvalue weighted by atomic mass is 19.1. The average molecular weight is 226 g/mol. The van der Waals surface area contributed by atoms with Crippen molar-refractivity contribution in [3.05, 3.63) is 47.5 Å². The van der Waals surface area contributed by atoms with Gasteiger partial charge in [-0.15, -0.1) is 0 Å². The number of ether oxygens (including phenoxy) is 1. The first kappa shape index (κ1) is 12.4. The van der Waals surface area contributed by atoms with E-state index in [0.29, 0.717) is 5.56 Å². The van der Waals surface area contributed by atoms with E-state index in [4.69, 9.17) is 4.74 Å². The Morgan fingerprint density at radius 2 is 1.88 bits per heavy atom. The highest BCUT2D eigenvalue weighted by molar-refractivity contribution is 5.88. The third-order valence-electron chi connectivity index (χ3n) is 1.90. The number of carbonyl (C=O) groups excluding carboxylic acids is 1. The molecule has 0 N–H and O–H groups in total. The van der Waals surface area contributed by atoms with Gasteiger partial charge in [-0.05, 0) is 24.6 Å². The summed E-state index contributed by atoms with van der Waals surface area (Å²) in [6.45, 7) is 5.43. The molecule has 0 spiro atoms. The zero-order chi connectivity index (χ0) is 12.1. The number of hydrogen-bond acceptors (Lipinski definition) is 2. The quantitative estimate of drug-likeness (QED) is 0.582. The zero-order valence-corrected chi connectivity index (χ0v) is 8.93. The van der Waals surface area contributed by atoms with Crippen LogP contribution in [0.2, 0.25) is 0 Å². The van der Waals surface area contributed by atoms with Crippen molar-refractivity contribution in [2.75, 3.05) is 6.61 Å². The summed E-state index contributed by atoms with van der Waals surface area (Å²) in [6.07, 6.45) is 0.0769. The topological polar surface area (TPSA) is 26.3 Å². The molecular formula is C12H12F2O2. The lowest BCUT2D eigenvalue weighted by molar-refractivity contribution is -0.138. The summed E-state index contributed by atoms with van der Waals surface area (Å²) in [7, 11) is 0. The Morgan fingerprint density at radius 3 is 2.38 bits per heavy atom. The molecule has 0 saturated carbocycles. The van der Waals surface area contributed by atoms with Crippen LogP contribution in [0.5, 0.6) is 0 Å². The van der Waals surface area contributed by atoms with Gasteiger partial charge >= 0.3 is 5.97 Å². The predicted molar refractivity (Wildman–Crippen MR) is 55.8 cm³/mol. The van der Waals surface area contributed by atoms with Crippen LogP contribution in [0.15, 0.2) is 30.4 Å². The van der Waals surface area contributed by atoms with E-state index in [-0.39, 0.29) is 18.6 Å². The molecule has 0 aliphatic carbocycles. The average Bonchev–Trinajstić information content (AvgIpc) is 2.16. The Hall–Kier alpha value is -1.71. The first-order valence-corrected chi connectivity index (χ1v) is 4.82. The highest BCUT2D eigenvalue weighted by Gasteiger charge is 2.10. The van der Waals surface area contributed by atoms with E-state index in [2.05, 4.69) is 6.58 Å². The number of halogens is 2. The van der Waals surface area contributed by atoms with Crippen LogP contribution in [-0.4, -0.2) is 12.6 Å². The molecule has 0 fully saturated rings. The molecule has 0 aromatic heterocycles. The number of esters is 1. The molecule has 0 atom stereocenters. The van der Waals surface area contributed by atoms with E-state index in [0.717, 1.165) is 18.2 Å². The molecule has 4 heteroatoms. The third kappa shape index (κ3) is 3.46. The Labute approximate surface area is 92.5 Å². The van der Waals surface area contributed by atoms with Crippen LogP contribution in [-0.2, 0) is 16.0 Å². The lowest BCUT2D eigenvalue weighted by Crippen LogP contribution is -2.09. The Bertz CT molecular complexity index is 393. The van der Waals surface area contributed by atoms with Gasteiger partial charge in [-0.1, -0.05) is 6.58 Å². The van der Waals surface area contributed by atoms with E-state index >= 15 is 0 Å². The molecule has 0 saturated heterocycles. The van der Waals surface area contributed by atoms with Crippen molar-refractivity contribution in [2.24, 2.45) is 0 Å². The molecule has 1 aromatic carbocycles. The molecule has 0 radical (unpaired) electrons. The fourth-order valence-electron chi connectivity index (χ4n) is 1.26. The second kappa shape index (κ2) is 5.39.